The summed E-state index contributed by atoms with van der Waals surface area (Å²) in [5.74, 6) is -0.795. The Hall–Kier alpha value is -3.48. The number of amides is 1. The van der Waals surface area contributed by atoms with E-state index in [0.29, 0.717) is 28.1 Å². The van der Waals surface area contributed by atoms with Crippen LogP contribution in [0.4, 0.5) is 4.39 Å². The number of aryl methyl sites for hydroxylation is 2. The first kappa shape index (κ1) is 20.3. The van der Waals surface area contributed by atoms with Crippen molar-refractivity contribution < 1.29 is 23.2 Å². The van der Waals surface area contributed by atoms with Crippen LogP contribution in [0.2, 0.25) is 0 Å². The molecule has 1 aromatic heterocycles. The molecule has 0 radical (unpaired) electrons. The fourth-order valence-electron chi connectivity index (χ4n) is 2.71. The molecule has 1 N–H and O–H groups in total. The number of halogens is 1. The number of nitrogens with zero attached hydrogens (tertiary/aromatic N) is 1. The monoisotopic (exact) mass is 396 g/mol. The fourth-order valence-corrected chi connectivity index (χ4v) is 2.71. The SMILES string of the molecule is Cc1ccc(C(=O)NCC(=O)OCc2noc(-c3ccc(F)cc3)c2C)cc1C. The van der Waals surface area contributed by atoms with E-state index in [1.54, 1.807) is 31.2 Å². The highest BCUT2D eigenvalue weighted by Gasteiger charge is 2.16. The lowest BCUT2D eigenvalue weighted by Gasteiger charge is -2.07. The maximum Gasteiger partial charge on any atom is 0.325 e. The molecule has 0 fully saturated rings. The van der Waals surface area contributed by atoms with Crippen molar-refractivity contribution in [3.8, 4) is 11.3 Å². The number of aromatic nitrogens is 1. The Bertz CT molecular complexity index is 1040. The summed E-state index contributed by atoms with van der Waals surface area (Å²) in [7, 11) is 0. The molecule has 1 heterocycles. The van der Waals surface area contributed by atoms with E-state index in [1.165, 1.54) is 12.1 Å². The zero-order chi connectivity index (χ0) is 21.0. The van der Waals surface area contributed by atoms with Gasteiger partial charge in [0, 0.05) is 16.7 Å². The highest BCUT2D eigenvalue weighted by atomic mass is 19.1. The van der Waals surface area contributed by atoms with E-state index in [9.17, 15) is 14.0 Å². The van der Waals surface area contributed by atoms with Crippen molar-refractivity contribution in [2.24, 2.45) is 0 Å². The summed E-state index contributed by atoms with van der Waals surface area (Å²) in [6, 6.07) is 11.2. The smallest absolute Gasteiger partial charge is 0.325 e. The lowest BCUT2D eigenvalue weighted by molar-refractivity contribution is -0.143. The molecule has 0 spiro atoms. The van der Waals surface area contributed by atoms with Crippen molar-refractivity contribution in [2.75, 3.05) is 6.54 Å². The van der Waals surface area contributed by atoms with Crippen LogP contribution in [0.15, 0.2) is 47.0 Å². The molecule has 0 aliphatic rings. The standard InChI is InChI=1S/C22H21FN2O4/c1-13-4-5-17(10-14(13)2)22(27)24-11-20(26)28-12-19-15(3)21(29-25-19)16-6-8-18(23)9-7-16/h4-10H,11-12H2,1-3H3,(H,24,27). The summed E-state index contributed by atoms with van der Waals surface area (Å²) >= 11 is 0. The number of benzene rings is 2. The van der Waals surface area contributed by atoms with Gasteiger partial charge < -0.3 is 14.6 Å². The van der Waals surface area contributed by atoms with E-state index in [4.69, 9.17) is 9.26 Å². The van der Waals surface area contributed by atoms with Gasteiger partial charge in [0.05, 0.1) is 0 Å². The van der Waals surface area contributed by atoms with Crippen LogP contribution < -0.4 is 5.32 Å². The average molecular weight is 396 g/mol. The maximum atomic E-state index is 13.1. The molecular weight excluding hydrogens is 375 g/mol. The first-order valence-electron chi connectivity index (χ1n) is 9.07. The third kappa shape index (κ3) is 4.87. The number of ether oxygens (including phenoxy) is 1. The third-order valence-electron chi connectivity index (χ3n) is 4.66. The first-order chi connectivity index (χ1) is 13.8. The van der Waals surface area contributed by atoms with E-state index in [0.717, 1.165) is 11.1 Å². The molecule has 150 valence electrons. The molecule has 6 nitrogen and oxygen atoms in total. The summed E-state index contributed by atoms with van der Waals surface area (Å²) in [4.78, 5) is 24.1. The van der Waals surface area contributed by atoms with Crippen LogP contribution in [0, 0.1) is 26.6 Å². The summed E-state index contributed by atoms with van der Waals surface area (Å²) in [5, 5.41) is 6.45. The van der Waals surface area contributed by atoms with E-state index in [2.05, 4.69) is 10.5 Å². The number of rotatable bonds is 6. The van der Waals surface area contributed by atoms with Gasteiger partial charge in [-0.2, -0.15) is 0 Å². The average Bonchev–Trinajstić information content (AvgIpc) is 3.07. The Morgan fingerprint density at radius 1 is 1.07 bits per heavy atom. The molecule has 0 aliphatic carbocycles. The van der Waals surface area contributed by atoms with E-state index in [1.807, 2.05) is 19.9 Å². The Labute approximate surface area is 167 Å². The molecule has 0 atom stereocenters. The number of carbonyl (C=O) groups excluding carboxylic acids is 2. The normalized spacial score (nSPS) is 10.6. The quantitative estimate of drug-likeness (QED) is 0.640. The van der Waals surface area contributed by atoms with Gasteiger partial charge in [0.15, 0.2) is 5.76 Å². The van der Waals surface area contributed by atoms with Gasteiger partial charge in [0.1, 0.15) is 24.7 Å². The summed E-state index contributed by atoms with van der Waals surface area (Å²) in [6.07, 6.45) is 0. The fraction of sp³-hybridized carbons (Fsp3) is 0.227. The minimum Gasteiger partial charge on any atom is -0.458 e. The van der Waals surface area contributed by atoms with Crippen LogP contribution in [0.5, 0.6) is 0 Å². The van der Waals surface area contributed by atoms with Gasteiger partial charge in [-0.3, -0.25) is 9.59 Å². The summed E-state index contributed by atoms with van der Waals surface area (Å²) < 4.78 is 23.5. The molecule has 0 unspecified atom stereocenters. The Kier molecular flexibility index (Phi) is 6.07. The largest absolute Gasteiger partial charge is 0.458 e. The van der Waals surface area contributed by atoms with Crippen molar-refractivity contribution in [3.05, 3.63) is 76.2 Å². The van der Waals surface area contributed by atoms with E-state index in [-0.39, 0.29) is 24.9 Å². The second-order valence-electron chi connectivity index (χ2n) is 6.73. The molecule has 3 rings (SSSR count). The molecule has 0 saturated carbocycles. The topological polar surface area (TPSA) is 81.4 Å². The Morgan fingerprint density at radius 2 is 1.79 bits per heavy atom. The zero-order valence-electron chi connectivity index (χ0n) is 16.4. The van der Waals surface area contributed by atoms with Crippen LogP contribution in [0.1, 0.15) is 32.7 Å². The third-order valence-corrected chi connectivity index (χ3v) is 4.66. The van der Waals surface area contributed by atoms with Crippen molar-refractivity contribution in [2.45, 2.75) is 27.4 Å². The van der Waals surface area contributed by atoms with Gasteiger partial charge in [0.25, 0.3) is 5.91 Å². The molecular formula is C22H21FN2O4. The second kappa shape index (κ2) is 8.68. The second-order valence-corrected chi connectivity index (χ2v) is 6.73. The van der Waals surface area contributed by atoms with Gasteiger partial charge in [-0.15, -0.1) is 0 Å². The maximum absolute atomic E-state index is 13.1. The molecule has 0 bridgehead atoms. The molecule has 7 heteroatoms. The molecule has 0 aliphatic heterocycles. The molecule has 2 aromatic carbocycles. The van der Waals surface area contributed by atoms with Crippen LogP contribution in [-0.2, 0) is 16.1 Å². The summed E-state index contributed by atoms with van der Waals surface area (Å²) in [6.45, 7) is 5.31. The van der Waals surface area contributed by atoms with Gasteiger partial charge in [0.2, 0.25) is 0 Å². The number of hydrogen-bond acceptors (Lipinski definition) is 5. The van der Waals surface area contributed by atoms with Crippen LogP contribution in [0.25, 0.3) is 11.3 Å². The Morgan fingerprint density at radius 3 is 2.48 bits per heavy atom. The van der Waals surface area contributed by atoms with Crippen LogP contribution >= 0.6 is 0 Å². The van der Waals surface area contributed by atoms with Gasteiger partial charge in [-0.25, -0.2) is 4.39 Å². The molecule has 0 saturated heterocycles. The number of carbonyl (C=O) groups is 2. The predicted molar refractivity (Wildman–Crippen MR) is 105 cm³/mol. The van der Waals surface area contributed by atoms with Crippen LogP contribution in [0.3, 0.4) is 0 Å². The van der Waals surface area contributed by atoms with Gasteiger partial charge in [-0.1, -0.05) is 11.2 Å². The van der Waals surface area contributed by atoms with Crippen molar-refractivity contribution in [3.63, 3.8) is 0 Å². The van der Waals surface area contributed by atoms with Crippen molar-refractivity contribution in [1.82, 2.24) is 10.5 Å². The van der Waals surface area contributed by atoms with E-state index >= 15 is 0 Å². The molecule has 3 aromatic rings. The van der Waals surface area contributed by atoms with Gasteiger partial charge in [-0.05, 0) is 68.3 Å². The van der Waals surface area contributed by atoms with Crippen molar-refractivity contribution in [1.29, 1.82) is 0 Å². The zero-order valence-corrected chi connectivity index (χ0v) is 16.4. The lowest BCUT2D eigenvalue weighted by Crippen LogP contribution is -2.30. The molecule has 29 heavy (non-hydrogen) atoms. The molecule has 1 amide bonds. The minimum atomic E-state index is -0.590. The number of nitrogens with one attached hydrogen (secondary N) is 1. The van der Waals surface area contributed by atoms with E-state index < -0.39 is 5.97 Å². The number of hydrogen-bond donors (Lipinski definition) is 1. The first-order valence-corrected chi connectivity index (χ1v) is 9.07. The van der Waals surface area contributed by atoms with Crippen molar-refractivity contribution >= 4 is 11.9 Å². The minimum absolute atomic E-state index is 0.0884. The number of esters is 1. The van der Waals surface area contributed by atoms with Crippen LogP contribution in [-0.4, -0.2) is 23.6 Å². The lowest BCUT2D eigenvalue weighted by atomic mass is 10.1. The summed E-state index contributed by atoms with van der Waals surface area (Å²) in [5.41, 5.74) is 4.40. The Balaban J connectivity index is 1.53. The van der Waals surface area contributed by atoms with Gasteiger partial charge >= 0.3 is 5.97 Å². The highest BCUT2D eigenvalue weighted by Crippen LogP contribution is 2.26. The predicted octanol–water partition coefficient (Wildman–Crippen LogP) is 3.88. The highest BCUT2D eigenvalue weighted by molar-refractivity contribution is 5.96.